The van der Waals surface area contributed by atoms with Crippen molar-refractivity contribution < 1.29 is 9.47 Å². The number of likely N-dealkylation sites (tertiary alicyclic amines) is 1. The summed E-state index contributed by atoms with van der Waals surface area (Å²) in [5, 5.41) is 3.28. The number of ether oxygens (including phenoxy) is 2. The van der Waals surface area contributed by atoms with Crippen LogP contribution >= 0.6 is 12.4 Å². The SMILES string of the molecule is CNCC1CCN(Cc2cc(OC)cc(OC)c2)CC1.Cl. The summed E-state index contributed by atoms with van der Waals surface area (Å²) < 4.78 is 10.7. The fourth-order valence-corrected chi connectivity index (χ4v) is 2.85. The number of hydrogen-bond acceptors (Lipinski definition) is 4. The monoisotopic (exact) mass is 314 g/mol. The summed E-state index contributed by atoms with van der Waals surface area (Å²) in [4.78, 5) is 2.51. The Hall–Kier alpha value is -0.970. The van der Waals surface area contributed by atoms with Gasteiger partial charge in [-0.1, -0.05) is 0 Å². The Bertz CT molecular complexity index is 398. The molecule has 0 saturated carbocycles. The van der Waals surface area contributed by atoms with E-state index in [-0.39, 0.29) is 12.4 Å². The zero-order valence-electron chi connectivity index (χ0n) is 13.2. The summed E-state index contributed by atoms with van der Waals surface area (Å²) in [7, 11) is 5.43. The molecule has 0 bridgehead atoms. The van der Waals surface area contributed by atoms with Crippen LogP contribution in [0.5, 0.6) is 11.5 Å². The van der Waals surface area contributed by atoms with Crippen LogP contribution in [-0.4, -0.2) is 45.8 Å². The molecule has 2 rings (SSSR count). The maximum Gasteiger partial charge on any atom is 0.122 e. The lowest BCUT2D eigenvalue weighted by molar-refractivity contribution is 0.176. The minimum Gasteiger partial charge on any atom is -0.497 e. The van der Waals surface area contributed by atoms with Crippen LogP contribution in [0.4, 0.5) is 0 Å². The third kappa shape index (κ3) is 5.38. The Morgan fingerprint density at radius 2 is 1.67 bits per heavy atom. The lowest BCUT2D eigenvalue weighted by atomic mass is 9.96. The predicted molar refractivity (Wildman–Crippen MR) is 88.7 cm³/mol. The van der Waals surface area contributed by atoms with Crippen molar-refractivity contribution >= 4 is 12.4 Å². The Morgan fingerprint density at radius 3 is 2.14 bits per heavy atom. The number of hydrogen-bond donors (Lipinski definition) is 1. The smallest absolute Gasteiger partial charge is 0.122 e. The molecule has 1 aliphatic rings. The summed E-state index contributed by atoms with van der Waals surface area (Å²) in [6.07, 6.45) is 2.56. The van der Waals surface area contributed by atoms with Gasteiger partial charge < -0.3 is 14.8 Å². The third-order valence-corrected chi connectivity index (χ3v) is 4.02. The molecule has 21 heavy (non-hydrogen) atoms. The van der Waals surface area contributed by atoms with Gasteiger partial charge in [0.05, 0.1) is 14.2 Å². The molecule has 1 aromatic rings. The van der Waals surface area contributed by atoms with Gasteiger partial charge >= 0.3 is 0 Å². The number of nitrogens with one attached hydrogen (secondary N) is 1. The molecular weight excluding hydrogens is 288 g/mol. The van der Waals surface area contributed by atoms with E-state index in [1.54, 1.807) is 14.2 Å². The van der Waals surface area contributed by atoms with Gasteiger partial charge in [0.25, 0.3) is 0 Å². The maximum atomic E-state index is 5.33. The molecule has 0 aromatic heterocycles. The molecule has 1 saturated heterocycles. The summed E-state index contributed by atoms with van der Waals surface area (Å²) in [5.41, 5.74) is 1.26. The van der Waals surface area contributed by atoms with Gasteiger partial charge in [-0.15, -0.1) is 12.4 Å². The quantitative estimate of drug-likeness (QED) is 0.875. The van der Waals surface area contributed by atoms with Crippen LogP contribution in [0, 0.1) is 5.92 Å². The second-order valence-electron chi connectivity index (χ2n) is 5.50. The lowest BCUT2D eigenvalue weighted by Crippen LogP contribution is -2.36. The van der Waals surface area contributed by atoms with Crippen molar-refractivity contribution in [1.29, 1.82) is 0 Å². The molecule has 1 N–H and O–H groups in total. The van der Waals surface area contributed by atoms with Crippen LogP contribution in [0.25, 0.3) is 0 Å². The summed E-state index contributed by atoms with van der Waals surface area (Å²) in [6, 6.07) is 6.12. The number of methoxy groups -OCH3 is 2. The van der Waals surface area contributed by atoms with Gasteiger partial charge in [0.15, 0.2) is 0 Å². The van der Waals surface area contributed by atoms with Crippen molar-refractivity contribution in [2.75, 3.05) is 40.9 Å². The molecule has 0 unspecified atom stereocenters. The second-order valence-corrected chi connectivity index (χ2v) is 5.50. The molecule has 1 aromatic carbocycles. The van der Waals surface area contributed by atoms with Crippen LogP contribution in [0.15, 0.2) is 18.2 Å². The Morgan fingerprint density at radius 1 is 1.10 bits per heavy atom. The van der Waals surface area contributed by atoms with E-state index in [1.165, 1.54) is 31.5 Å². The minimum atomic E-state index is 0. The molecule has 5 heteroatoms. The minimum absolute atomic E-state index is 0. The topological polar surface area (TPSA) is 33.7 Å². The largest absolute Gasteiger partial charge is 0.497 e. The van der Waals surface area contributed by atoms with Crippen molar-refractivity contribution in [3.63, 3.8) is 0 Å². The first-order chi connectivity index (χ1) is 9.75. The molecule has 0 spiro atoms. The van der Waals surface area contributed by atoms with Gasteiger partial charge in [-0.2, -0.15) is 0 Å². The summed E-state index contributed by atoms with van der Waals surface area (Å²) in [5.74, 6) is 2.56. The van der Waals surface area contributed by atoms with Crippen LogP contribution in [0.3, 0.4) is 0 Å². The van der Waals surface area contributed by atoms with E-state index < -0.39 is 0 Å². The molecule has 0 radical (unpaired) electrons. The van der Waals surface area contributed by atoms with Crippen molar-refractivity contribution in [1.82, 2.24) is 10.2 Å². The van der Waals surface area contributed by atoms with E-state index in [2.05, 4.69) is 22.3 Å². The number of halogens is 1. The van der Waals surface area contributed by atoms with Crippen LogP contribution in [0.1, 0.15) is 18.4 Å². The fourth-order valence-electron chi connectivity index (χ4n) is 2.85. The van der Waals surface area contributed by atoms with E-state index in [1.807, 2.05) is 13.1 Å². The third-order valence-electron chi connectivity index (χ3n) is 4.02. The van der Waals surface area contributed by atoms with E-state index in [0.29, 0.717) is 0 Å². The highest BCUT2D eigenvalue weighted by Gasteiger charge is 2.18. The fraction of sp³-hybridized carbons (Fsp3) is 0.625. The second kappa shape index (κ2) is 9.13. The highest BCUT2D eigenvalue weighted by molar-refractivity contribution is 5.85. The molecule has 120 valence electrons. The van der Waals surface area contributed by atoms with Crippen LogP contribution < -0.4 is 14.8 Å². The molecule has 0 aliphatic carbocycles. The van der Waals surface area contributed by atoms with Crippen molar-refractivity contribution in [3.8, 4) is 11.5 Å². The Balaban J connectivity index is 0.00000220. The van der Waals surface area contributed by atoms with E-state index >= 15 is 0 Å². The highest BCUT2D eigenvalue weighted by Crippen LogP contribution is 2.25. The van der Waals surface area contributed by atoms with E-state index in [0.717, 1.165) is 30.5 Å². The number of rotatable bonds is 6. The summed E-state index contributed by atoms with van der Waals surface area (Å²) in [6.45, 7) is 4.46. The van der Waals surface area contributed by atoms with Gasteiger partial charge in [-0.25, -0.2) is 0 Å². The molecule has 0 atom stereocenters. The Labute approximate surface area is 134 Å². The number of piperidine rings is 1. The first kappa shape index (κ1) is 18.1. The zero-order valence-corrected chi connectivity index (χ0v) is 14.0. The van der Waals surface area contributed by atoms with Gasteiger partial charge in [-0.05, 0) is 63.1 Å². The predicted octanol–water partition coefficient (Wildman–Crippen LogP) is 2.56. The molecular formula is C16H27ClN2O2. The van der Waals surface area contributed by atoms with Gasteiger partial charge in [0, 0.05) is 12.6 Å². The first-order valence-corrected chi connectivity index (χ1v) is 7.34. The average molecular weight is 315 g/mol. The molecule has 1 heterocycles. The normalized spacial score (nSPS) is 16.3. The van der Waals surface area contributed by atoms with Crippen molar-refractivity contribution in [3.05, 3.63) is 23.8 Å². The molecule has 1 aliphatic heterocycles. The molecule has 4 nitrogen and oxygen atoms in total. The lowest BCUT2D eigenvalue weighted by Gasteiger charge is -2.32. The zero-order chi connectivity index (χ0) is 14.4. The van der Waals surface area contributed by atoms with E-state index in [9.17, 15) is 0 Å². The standard InChI is InChI=1S/C16H26N2O2.ClH/c1-17-11-13-4-6-18(7-5-13)12-14-8-15(19-2)10-16(9-14)20-3;/h8-10,13,17H,4-7,11-12H2,1-3H3;1H. The van der Waals surface area contributed by atoms with Crippen LogP contribution in [-0.2, 0) is 6.54 Å². The Kier molecular flexibility index (Phi) is 7.86. The highest BCUT2D eigenvalue weighted by atomic mass is 35.5. The van der Waals surface area contributed by atoms with Gasteiger partial charge in [0.1, 0.15) is 11.5 Å². The van der Waals surface area contributed by atoms with Gasteiger partial charge in [-0.3, -0.25) is 4.90 Å². The average Bonchev–Trinajstić information content (AvgIpc) is 2.49. The van der Waals surface area contributed by atoms with Gasteiger partial charge in [0.2, 0.25) is 0 Å². The number of benzene rings is 1. The van der Waals surface area contributed by atoms with Crippen molar-refractivity contribution in [2.45, 2.75) is 19.4 Å². The maximum absolute atomic E-state index is 5.33. The first-order valence-electron chi connectivity index (χ1n) is 7.34. The molecule has 0 amide bonds. The van der Waals surface area contributed by atoms with Crippen molar-refractivity contribution in [2.24, 2.45) is 5.92 Å². The number of nitrogens with zero attached hydrogens (tertiary/aromatic N) is 1. The van der Waals surface area contributed by atoms with E-state index in [4.69, 9.17) is 9.47 Å². The van der Waals surface area contributed by atoms with Crippen LogP contribution in [0.2, 0.25) is 0 Å². The molecule has 1 fully saturated rings. The summed E-state index contributed by atoms with van der Waals surface area (Å²) >= 11 is 0.